The highest BCUT2D eigenvalue weighted by atomic mass is 16.6. The van der Waals surface area contributed by atoms with Crippen LogP contribution in [0.25, 0.3) is 0 Å². The van der Waals surface area contributed by atoms with E-state index in [1.807, 2.05) is 27.8 Å². The van der Waals surface area contributed by atoms with Gasteiger partial charge in [0, 0.05) is 19.6 Å². The molecule has 0 bridgehead atoms. The number of hydrogen-bond donors (Lipinski definition) is 1. The third-order valence-corrected chi connectivity index (χ3v) is 5.08. The molecule has 1 aromatic carbocycles. The zero-order valence-electron chi connectivity index (χ0n) is 15.8. The number of benzene rings is 1. The van der Waals surface area contributed by atoms with Crippen molar-refractivity contribution in [2.24, 2.45) is 0 Å². The first-order chi connectivity index (χ1) is 11.8. The molecule has 1 aliphatic heterocycles. The minimum Gasteiger partial charge on any atom is -0.489 e. The van der Waals surface area contributed by atoms with Crippen molar-refractivity contribution in [3.05, 3.63) is 23.8 Å². The first kappa shape index (κ1) is 17.9. The van der Waals surface area contributed by atoms with Gasteiger partial charge in [0.2, 0.25) is 0 Å². The summed E-state index contributed by atoms with van der Waals surface area (Å²) in [5.41, 5.74) is 1.97. The average Bonchev–Trinajstić information content (AvgIpc) is 2.59. The number of amides is 1. The molecule has 0 spiro atoms. The van der Waals surface area contributed by atoms with E-state index in [1.165, 1.54) is 5.56 Å². The molecule has 0 radical (unpaired) electrons. The summed E-state index contributed by atoms with van der Waals surface area (Å²) < 4.78 is 11.4. The zero-order valence-corrected chi connectivity index (χ0v) is 15.8. The van der Waals surface area contributed by atoms with E-state index in [4.69, 9.17) is 9.47 Å². The standard InChI is InChI=1S/C20H30N2O3/c1-20(2,3)25-19(23)22(4)15-10-8-14(9-11-15)16-6-5-7-17-18(16)24-13-12-21-17/h5-7,14-15,21H,8-13H2,1-4H3. The largest absolute Gasteiger partial charge is 0.489 e. The summed E-state index contributed by atoms with van der Waals surface area (Å²) in [5.74, 6) is 1.52. The number of anilines is 1. The molecule has 0 unspecified atom stereocenters. The Morgan fingerprint density at radius 2 is 1.96 bits per heavy atom. The van der Waals surface area contributed by atoms with Crippen LogP contribution in [0.5, 0.6) is 5.75 Å². The third kappa shape index (κ3) is 4.20. The molecule has 5 nitrogen and oxygen atoms in total. The van der Waals surface area contributed by atoms with Gasteiger partial charge in [0.25, 0.3) is 0 Å². The molecule has 2 aliphatic rings. The van der Waals surface area contributed by atoms with E-state index in [0.717, 1.165) is 50.3 Å². The second kappa shape index (κ2) is 7.14. The Labute approximate surface area is 150 Å². The van der Waals surface area contributed by atoms with Gasteiger partial charge in [0.05, 0.1) is 5.69 Å². The van der Waals surface area contributed by atoms with Gasteiger partial charge in [0.15, 0.2) is 0 Å². The molecule has 1 aliphatic carbocycles. The SMILES string of the molecule is CN(C(=O)OC(C)(C)C)C1CCC(c2cccc3c2OCCN3)CC1. The molecule has 0 saturated heterocycles. The van der Waals surface area contributed by atoms with E-state index in [1.54, 1.807) is 4.90 Å². The van der Waals surface area contributed by atoms with Crippen LogP contribution in [0.4, 0.5) is 10.5 Å². The minimum atomic E-state index is -0.448. The zero-order chi connectivity index (χ0) is 18.0. The molecule has 25 heavy (non-hydrogen) atoms. The summed E-state index contributed by atoms with van der Waals surface area (Å²) in [6.45, 7) is 7.30. The molecule has 5 heteroatoms. The summed E-state index contributed by atoms with van der Waals surface area (Å²) in [7, 11) is 1.86. The molecule has 138 valence electrons. The van der Waals surface area contributed by atoms with Gasteiger partial charge in [-0.3, -0.25) is 0 Å². The lowest BCUT2D eigenvalue weighted by atomic mass is 9.80. The highest BCUT2D eigenvalue weighted by Crippen LogP contribution is 2.42. The van der Waals surface area contributed by atoms with Crippen molar-refractivity contribution in [2.45, 2.75) is 64.0 Å². The number of carbonyl (C=O) groups is 1. The summed E-state index contributed by atoms with van der Waals surface area (Å²) >= 11 is 0. The number of carbonyl (C=O) groups excluding carboxylic acids is 1. The van der Waals surface area contributed by atoms with Crippen molar-refractivity contribution in [2.75, 3.05) is 25.5 Å². The Kier molecular flexibility index (Phi) is 5.11. The van der Waals surface area contributed by atoms with Crippen molar-refractivity contribution in [3.8, 4) is 5.75 Å². The van der Waals surface area contributed by atoms with E-state index < -0.39 is 5.60 Å². The topological polar surface area (TPSA) is 50.8 Å². The fourth-order valence-corrected chi connectivity index (χ4v) is 3.77. The molecule has 3 rings (SSSR count). The van der Waals surface area contributed by atoms with Gasteiger partial charge in [0.1, 0.15) is 18.0 Å². The van der Waals surface area contributed by atoms with Gasteiger partial charge < -0.3 is 19.7 Å². The molecule has 1 fully saturated rings. The number of para-hydroxylation sites is 1. The fraction of sp³-hybridized carbons (Fsp3) is 0.650. The second-order valence-electron chi connectivity index (χ2n) is 8.10. The molecule has 1 heterocycles. The maximum Gasteiger partial charge on any atom is 0.410 e. The van der Waals surface area contributed by atoms with Crippen LogP contribution in [0.2, 0.25) is 0 Å². The molecule has 1 amide bonds. The number of nitrogens with one attached hydrogen (secondary N) is 1. The molecule has 1 aromatic rings. The van der Waals surface area contributed by atoms with Crippen LogP contribution in [-0.4, -0.2) is 42.8 Å². The van der Waals surface area contributed by atoms with Gasteiger partial charge in [-0.1, -0.05) is 12.1 Å². The summed E-state index contributed by atoms with van der Waals surface area (Å²) in [5, 5.41) is 3.41. The third-order valence-electron chi connectivity index (χ3n) is 5.08. The summed E-state index contributed by atoms with van der Waals surface area (Å²) in [4.78, 5) is 14.1. The molecule has 0 atom stereocenters. The fourth-order valence-electron chi connectivity index (χ4n) is 3.77. The molecule has 0 aromatic heterocycles. The van der Waals surface area contributed by atoms with Gasteiger partial charge in [-0.25, -0.2) is 4.79 Å². The Balaban J connectivity index is 1.62. The maximum absolute atomic E-state index is 12.3. The lowest BCUT2D eigenvalue weighted by molar-refractivity contribution is 0.0182. The number of fused-ring (bicyclic) bond motifs is 1. The monoisotopic (exact) mass is 346 g/mol. The Hall–Kier alpha value is -1.91. The predicted octanol–water partition coefficient (Wildman–Crippen LogP) is 4.38. The van der Waals surface area contributed by atoms with Crippen LogP contribution in [0.15, 0.2) is 18.2 Å². The highest BCUT2D eigenvalue weighted by molar-refractivity contribution is 5.68. The van der Waals surface area contributed by atoms with Crippen LogP contribution < -0.4 is 10.1 Å². The van der Waals surface area contributed by atoms with Crippen LogP contribution in [0, 0.1) is 0 Å². The number of hydrogen-bond acceptors (Lipinski definition) is 4. The van der Waals surface area contributed by atoms with E-state index in [2.05, 4.69) is 23.5 Å². The Bertz CT molecular complexity index is 616. The predicted molar refractivity (Wildman–Crippen MR) is 99.4 cm³/mol. The van der Waals surface area contributed by atoms with Crippen molar-refractivity contribution >= 4 is 11.8 Å². The maximum atomic E-state index is 12.3. The van der Waals surface area contributed by atoms with Crippen LogP contribution in [0.3, 0.4) is 0 Å². The Morgan fingerprint density at radius 1 is 1.24 bits per heavy atom. The van der Waals surface area contributed by atoms with Crippen LogP contribution in [0.1, 0.15) is 57.9 Å². The van der Waals surface area contributed by atoms with Crippen molar-refractivity contribution in [1.82, 2.24) is 4.90 Å². The number of nitrogens with zero attached hydrogens (tertiary/aromatic N) is 1. The molecular formula is C20H30N2O3. The second-order valence-corrected chi connectivity index (χ2v) is 8.10. The van der Waals surface area contributed by atoms with Gasteiger partial charge in [-0.15, -0.1) is 0 Å². The first-order valence-electron chi connectivity index (χ1n) is 9.30. The molecule has 1 N–H and O–H groups in total. The molecule has 1 saturated carbocycles. The summed E-state index contributed by atoms with van der Waals surface area (Å²) in [6, 6.07) is 6.63. The van der Waals surface area contributed by atoms with Crippen LogP contribution >= 0.6 is 0 Å². The smallest absolute Gasteiger partial charge is 0.410 e. The van der Waals surface area contributed by atoms with E-state index in [-0.39, 0.29) is 12.1 Å². The van der Waals surface area contributed by atoms with E-state index in [9.17, 15) is 4.79 Å². The quantitative estimate of drug-likeness (QED) is 0.863. The van der Waals surface area contributed by atoms with Gasteiger partial charge in [-0.05, 0) is 64.0 Å². The Morgan fingerprint density at radius 3 is 2.64 bits per heavy atom. The van der Waals surface area contributed by atoms with Crippen molar-refractivity contribution < 1.29 is 14.3 Å². The lowest BCUT2D eigenvalue weighted by Crippen LogP contribution is -2.42. The minimum absolute atomic E-state index is 0.222. The number of rotatable bonds is 2. The average molecular weight is 346 g/mol. The van der Waals surface area contributed by atoms with Crippen LogP contribution in [-0.2, 0) is 4.74 Å². The summed E-state index contributed by atoms with van der Waals surface area (Å²) in [6.07, 6.45) is 3.91. The van der Waals surface area contributed by atoms with E-state index >= 15 is 0 Å². The van der Waals surface area contributed by atoms with Gasteiger partial charge in [-0.2, -0.15) is 0 Å². The van der Waals surface area contributed by atoms with Crippen molar-refractivity contribution in [1.29, 1.82) is 0 Å². The van der Waals surface area contributed by atoms with Crippen molar-refractivity contribution in [3.63, 3.8) is 0 Å². The molecular weight excluding hydrogens is 316 g/mol. The number of ether oxygens (including phenoxy) is 2. The lowest BCUT2D eigenvalue weighted by Gasteiger charge is -2.36. The normalized spacial score (nSPS) is 23.0. The first-order valence-corrected chi connectivity index (χ1v) is 9.30. The highest BCUT2D eigenvalue weighted by Gasteiger charge is 2.31. The van der Waals surface area contributed by atoms with Gasteiger partial charge >= 0.3 is 6.09 Å². The van der Waals surface area contributed by atoms with E-state index in [0.29, 0.717) is 5.92 Å².